The van der Waals surface area contributed by atoms with Gasteiger partial charge in [0.1, 0.15) is 12.1 Å². The first-order valence-electron chi connectivity index (χ1n) is 8.40. The van der Waals surface area contributed by atoms with E-state index in [-0.39, 0.29) is 23.7 Å². The first kappa shape index (κ1) is 15.8. The Morgan fingerprint density at radius 2 is 2.19 bits per heavy atom. The van der Waals surface area contributed by atoms with Crippen LogP contribution >= 0.6 is 22.9 Å². The van der Waals surface area contributed by atoms with Crippen molar-refractivity contribution in [3.63, 3.8) is 0 Å². The molecule has 3 atom stereocenters. The monoisotopic (exact) mass is 382 g/mol. The van der Waals surface area contributed by atoms with Gasteiger partial charge in [0.25, 0.3) is 0 Å². The Morgan fingerprint density at radius 3 is 3.00 bits per heavy atom. The smallest absolute Gasteiger partial charge is 0.226 e. The predicted octanol–water partition coefficient (Wildman–Crippen LogP) is 4.26. The quantitative estimate of drug-likeness (QED) is 0.719. The predicted molar refractivity (Wildman–Crippen MR) is 101 cm³/mol. The zero-order valence-corrected chi connectivity index (χ0v) is 15.2. The lowest BCUT2D eigenvalue weighted by Crippen LogP contribution is -2.40. The molecule has 0 saturated heterocycles. The van der Waals surface area contributed by atoms with Crippen LogP contribution < -0.4 is 5.32 Å². The van der Waals surface area contributed by atoms with Crippen LogP contribution in [0.15, 0.2) is 59.9 Å². The summed E-state index contributed by atoms with van der Waals surface area (Å²) in [5.41, 5.74) is 1.87. The second-order valence-electron chi connectivity index (χ2n) is 6.55. The molecular formula is C19H15ClN4OS. The number of rotatable bonds is 2. The summed E-state index contributed by atoms with van der Waals surface area (Å²) in [7, 11) is 0. The van der Waals surface area contributed by atoms with Crippen molar-refractivity contribution in [2.24, 2.45) is 5.92 Å². The number of ketones is 1. The molecule has 1 aliphatic heterocycles. The summed E-state index contributed by atoms with van der Waals surface area (Å²) in [4.78, 5) is 18.7. The van der Waals surface area contributed by atoms with Crippen LogP contribution in [-0.2, 0) is 4.79 Å². The van der Waals surface area contributed by atoms with Crippen LogP contribution in [0.2, 0.25) is 5.02 Å². The van der Waals surface area contributed by atoms with Gasteiger partial charge in [-0.25, -0.2) is 4.68 Å². The second kappa shape index (κ2) is 6.07. The van der Waals surface area contributed by atoms with Crippen LogP contribution in [0, 0.1) is 5.92 Å². The number of hydrogen-bond acceptors (Lipinski definition) is 5. The molecule has 2 aliphatic rings. The van der Waals surface area contributed by atoms with Crippen molar-refractivity contribution >= 4 is 34.7 Å². The number of anilines is 1. The maximum atomic E-state index is 13.2. The fourth-order valence-corrected chi connectivity index (χ4v) is 4.88. The van der Waals surface area contributed by atoms with Gasteiger partial charge in [-0.05, 0) is 29.1 Å². The Hall–Kier alpha value is -2.44. The number of nitrogens with one attached hydrogen (secondary N) is 1. The number of benzene rings is 1. The zero-order valence-electron chi connectivity index (χ0n) is 13.7. The average Bonchev–Trinajstić information content (AvgIpc) is 3.31. The summed E-state index contributed by atoms with van der Waals surface area (Å²) in [6.45, 7) is 0. The minimum absolute atomic E-state index is 0.107. The van der Waals surface area contributed by atoms with Crippen LogP contribution in [0.3, 0.4) is 0 Å². The first-order chi connectivity index (χ1) is 12.7. The number of aromatic nitrogens is 3. The van der Waals surface area contributed by atoms with Crippen molar-refractivity contribution in [2.75, 3.05) is 5.32 Å². The molecule has 0 bridgehead atoms. The highest BCUT2D eigenvalue weighted by atomic mass is 35.5. The molecule has 0 amide bonds. The summed E-state index contributed by atoms with van der Waals surface area (Å²) in [5.74, 6) is 0.659. The third kappa shape index (κ3) is 2.48. The van der Waals surface area contributed by atoms with Crippen LogP contribution in [-0.4, -0.2) is 20.5 Å². The van der Waals surface area contributed by atoms with Crippen molar-refractivity contribution in [1.29, 1.82) is 0 Å². The molecule has 0 saturated carbocycles. The van der Waals surface area contributed by atoms with Gasteiger partial charge in [0.15, 0.2) is 0 Å². The number of allylic oxidation sites excluding steroid dienone is 2. The minimum atomic E-state index is -0.307. The fraction of sp³-hybridized carbons (Fsp3) is 0.211. The summed E-state index contributed by atoms with van der Waals surface area (Å²) >= 11 is 7.89. The molecule has 0 fully saturated rings. The highest BCUT2D eigenvalue weighted by Crippen LogP contribution is 2.44. The van der Waals surface area contributed by atoms with E-state index in [4.69, 9.17) is 11.6 Å². The molecule has 5 nitrogen and oxygen atoms in total. The molecule has 3 heterocycles. The standard InChI is InChI=1S/C19H15ClN4OS/c20-13-4-1-3-11(7-13)18-17-14(23-19-21-10-22-24(18)19)8-12(9-15(17)25)16-5-2-6-26-16/h1-8,10,12,17-18H,9H2,(H,21,22,23)/t12-,17-,18-/m0/s1. The number of nitrogens with zero attached hydrogens (tertiary/aromatic N) is 3. The van der Waals surface area contributed by atoms with E-state index in [1.165, 1.54) is 11.2 Å². The molecule has 26 heavy (non-hydrogen) atoms. The van der Waals surface area contributed by atoms with Gasteiger partial charge in [0.05, 0.1) is 12.0 Å². The van der Waals surface area contributed by atoms with Crippen molar-refractivity contribution in [1.82, 2.24) is 14.8 Å². The lowest BCUT2D eigenvalue weighted by molar-refractivity contribution is -0.123. The lowest BCUT2D eigenvalue weighted by atomic mass is 9.77. The highest BCUT2D eigenvalue weighted by molar-refractivity contribution is 7.10. The van der Waals surface area contributed by atoms with Gasteiger partial charge in [0, 0.05) is 27.9 Å². The number of fused-ring (bicyclic) bond motifs is 2. The van der Waals surface area contributed by atoms with Crippen LogP contribution in [0.5, 0.6) is 0 Å². The summed E-state index contributed by atoms with van der Waals surface area (Å²) < 4.78 is 1.79. The van der Waals surface area contributed by atoms with E-state index in [2.05, 4.69) is 27.5 Å². The number of halogens is 1. The van der Waals surface area contributed by atoms with E-state index in [1.54, 1.807) is 16.0 Å². The summed E-state index contributed by atoms with van der Waals surface area (Å²) in [6.07, 6.45) is 4.18. The van der Waals surface area contributed by atoms with E-state index in [0.29, 0.717) is 17.4 Å². The van der Waals surface area contributed by atoms with E-state index in [0.717, 1.165) is 11.3 Å². The molecule has 2 aromatic heterocycles. The van der Waals surface area contributed by atoms with Crippen molar-refractivity contribution in [3.8, 4) is 0 Å². The van der Waals surface area contributed by atoms with Crippen molar-refractivity contribution in [3.05, 3.63) is 75.3 Å². The Labute approximate surface area is 159 Å². The molecule has 5 rings (SSSR count). The zero-order chi connectivity index (χ0) is 17.7. The molecule has 0 radical (unpaired) electrons. The topological polar surface area (TPSA) is 59.8 Å². The van der Waals surface area contributed by atoms with Crippen molar-refractivity contribution < 1.29 is 4.79 Å². The van der Waals surface area contributed by atoms with Gasteiger partial charge in [-0.15, -0.1) is 11.3 Å². The number of carbonyl (C=O) groups excluding carboxylic acids is 1. The molecular weight excluding hydrogens is 368 g/mol. The van der Waals surface area contributed by atoms with Gasteiger partial charge in [-0.2, -0.15) is 10.1 Å². The second-order valence-corrected chi connectivity index (χ2v) is 7.96. The summed E-state index contributed by atoms with van der Waals surface area (Å²) in [5, 5.41) is 10.4. The summed E-state index contributed by atoms with van der Waals surface area (Å²) in [6, 6.07) is 11.5. The minimum Gasteiger partial charge on any atom is -0.328 e. The molecule has 0 unspecified atom stereocenters. The SMILES string of the molecule is O=C1C[C@@H](c2cccs2)C=C2Nc3ncnn3[C@@H](c3cccc(Cl)c3)[C@H]12. The number of hydrogen-bond donors (Lipinski definition) is 1. The van der Waals surface area contributed by atoms with E-state index in [1.807, 2.05) is 35.7 Å². The maximum Gasteiger partial charge on any atom is 0.226 e. The van der Waals surface area contributed by atoms with Crippen LogP contribution in [0.25, 0.3) is 0 Å². The third-order valence-corrected chi connectivity index (χ3v) is 6.23. The van der Waals surface area contributed by atoms with Gasteiger partial charge in [0.2, 0.25) is 5.95 Å². The van der Waals surface area contributed by atoms with Crippen LogP contribution in [0.4, 0.5) is 5.95 Å². The Morgan fingerprint density at radius 1 is 1.27 bits per heavy atom. The van der Waals surface area contributed by atoms with E-state index in [9.17, 15) is 4.79 Å². The Kier molecular flexibility index (Phi) is 3.69. The van der Waals surface area contributed by atoms with E-state index >= 15 is 0 Å². The Balaban J connectivity index is 1.64. The van der Waals surface area contributed by atoms with Crippen molar-refractivity contribution in [2.45, 2.75) is 18.4 Å². The lowest BCUT2D eigenvalue weighted by Gasteiger charge is -2.37. The number of Topliss-reactive ketones (excluding diaryl/α,β-unsaturated/α-hetero) is 1. The molecule has 0 spiro atoms. The molecule has 1 aromatic carbocycles. The maximum absolute atomic E-state index is 13.2. The van der Waals surface area contributed by atoms with Crippen LogP contribution in [0.1, 0.15) is 28.8 Å². The highest BCUT2D eigenvalue weighted by Gasteiger charge is 2.43. The van der Waals surface area contributed by atoms with Gasteiger partial charge < -0.3 is 5.32 Å². The molecule has 1 aliphatic carbocycles. The largest absolute Gasteiger partial charge is 0.328 e. The van der Waals surface area contributed by atoms with Gasteiger partial charge in [-0.1, -0.05) is 35.9 Å². The van der Waals surface area contributed by atoms with E-state index < -0.39 is 0 Å². The average molecular weight is 383 g/mol. The molecule has 1 N–H and O–H groups in total. The van der Waals surface area contributed by atoms with Gasteiger partial charge >= 0.3 is 0 Å². The number of carbonyl (C=O) groups is 1. The Bertz CT molecular complexity index is 1010. The molecule has 3 aromatic rings. The van der Waals surface area contributed by atoms with Gasteiger partial charge in [-0.3, -0.25) is 4.79 Å². The number of thiophene rings is 1. The third-order valence-electron chi connectivity index (χ3n) is 4.99. The molecule has 130 valence electrons. The fourth-order valence-electron chi connectivity index (χ4n) is 3.88. The molecule has 7 heteroatoms. The normalized spacial score (nSPS) is 24.4. The first-order valence-corrected chi connectivity index (χ1v) is 9.66.